The summed E-state index contributed by atoms with van der Waals surface area (Å²) in [6, 6.07) is 19.1. The standard InChI is InChI=1S/C23H17ClN2O3/c1-14-7-10-20(19(24)11-14)25-21(27)16-8-9-17-18(12-16)23(29)26(22(17)28)13-15-5-3-2-4-6-15/h2-12H,13H2,1H3,(H,25,27). The summed E-state index contributed by atoms with van der Waals surface area (Å²) in [5.41, 5.74) is 3.13. The van der Waals surface area contributed by atoms with Crippen LogP contribution in [0.5, 0.6) is 0 Å². The van der Waals surface area contributed by atoms with E-state index < -0.39 is 11.8 Å². The zero-order chi connectivity index (χ0) is 20.5. The average Bonchev–Trinajstić information content (AvgIpc) is 2.95. The Balaban J connectivity index is 1.57. The van der Waals surface area contributed by atoms with Crippen LogP contribution in [0.1, 0.15) is 42.2 Å². The fraction of sp³-hybridized carbons (Fsp3) is 0.0870. The van der Waals surface area contributed by atoms with E-state index in [1.807, 2.05) is 43.3 Å². The maximum Gasteiger partial charge on any atom is 0.261 e. The third kappa shape index (κ3) is 3.65. The minimum absolute atomic E-state index is 0.188. The van der Waals surface area contributed by atoms with E-state index in [1.54, 1.807) is 12.1 Å². The molecular weight excluding hydrogens is 388 g/mol. The van der Waals surface area contributed by atoms with Gasteiger partial charge in [0.25, 0.3) is 17.7 Å². The van der Waals surface area contributed by atoms with E-state index >= 15 is 0 Å². The molecule has 4 rings (SSSR count). The smallest absolute Gasteiger partial charge is 0.261 e. The van der Waals surface area contributed by atoms with Gasteiger partial charge in [-0.2, -0.15) is 0 Å². The number of carbonyl (C=O) groups is 3. The number of hydrogen-bond acceptors (Lipinski definition) is 3. The van der Waals surface area contributed by atoms with Gasteiger partial charge >= 0.3 is 0 Å². The number of hydrogen-bond donors (Lipinski definition) is 1. The third-order valence-corrected chi connectivity index (χ3v) is 5.10. The predicted octanol–water partition coefficient (Wildman–Crippen LogP) is 4.70. The van der Waals surface area contributed by atoms with Gasteiger partial charge in [-0.05, 0) is 48.4 Å². The lowest BCUT2D eigenvalue weighted by Gasteiger charge is -2.13. The molecule has 5 nitrogen and oxygen atoms in total. The van der Waals surface area contributed by atoms with Gasteiger partial charge in [0.1, 0.15) is 0 Å². The normalized spacial score (nSPS) is 12.8. The summed E-state index contributed by atoms with van der Waals surface area (Å²) in [6.45, 7) is 2.09. The molecule has 0 unspecified atom stereocenters. The van der Waals surface area contributed by atoms with E-state index in [2.05, 4.69) is 5.32 Å². The summed E-state index contributed by atoms with van der Waals surface area (Å²) < 4.78 is 0. The van der Waals surface area contributed by atoms with Crippen molar-refractivity contribution in [1.29, 1.82) is 0 Å². The molecule has 3 amide bonds. The molecule has 0 saturated carbocycles. The van der Waals surface area contributed by atoms with Crippen LogP contribution < -0.4 is 5.32 Å². The number of aryl methyl sites for hydroxylation is 1. The fourth-order valence-electron chi connectivity index (χ4n) is 3.26. The third-order valence-electron chi connectivity index (χ3n) is 4.79. The molecule has 0 radical (unpaired) electrons. The maximum absolute atomic E-state index is 12.8. The molecule has 0 atom stereocenters. The molecule has 6 heteroatoms. The van der Waals surface area contributed by atoms with Crippen LogP contribution in [0.3, 0.4) is 0 Å². The van der Waals surface area contributed by atoms with Gasteiger partial charge in [0.2, 0.25) is 0 Å². The van der Waals surface area contributed by atoms with E-state index in [1.165, 1.54) is 23.1 Å². The second-order valence-corrected chi connectivity index (χ2v) is 7.29. The van der Waals surface area contributed by atoms with Crippen molar-refractivity contribution >= 4 is 35.0 Å². The maximum atomic E-state index is 12.8. The van der Waals surface area contributed by atoms with Crippen LogP contribution in [0.15, 0.2) is 66.7 Å². The van der Waals surface area contributed by atoms with Crippen LogP contribution in [0, 0.1) is 6.92 Å². The van der Waals surface area contributed by atoms with Crippen molar-refractivity contribution in [2.75, 3.05) is 5.32 Å². The zero-order valence-corrected chi connectivity index (χ0v) is 16.4. The first-order valence-corrected chi connectivity index (χ1v) is 9.43. The van der Waals surface area contributed by atoms with Crippen molar-refractivity contribution in [3.8, 4) is 0 Å². The first-order chi connectivity index (χ1) is 13.9. The molecule has 0 bridgehead atoms. The quantitative estimate of drug-likeness (QED) is 0.641. The molecule has 3 aromatic carbocycles. The number of amides is 3. The van der Waals surface area contributed by atoms with Crippen molar-refractivity contribution in [2.24, 2.45) is 0 Å². The van der Waals surface area contributed by atoms with Crippen molar-refractivity contribution in [1.82, 2.24) is 4.90 Å². The number of fused-ring (bicyclic) bond motifs is 1. The van der Waals surface area contributed by atoms with Gasteiger partial charge in [0.15, 0.2) is 0 Å². The van der Waals surface area contributed by atoms with Crippen molar-refractivity contribution in [2.45, 2.75) is 13.5 Å². The molecule has 0 aliphatic carbocycles. The van der Waals surface area contributed by atoms with Gasteiger partial charge in [-0.3, -0.25) is 19.3 Å². The second-order valence-electron chi connectivity index (χ2n) is 6.88. The van der Waals surface area contributed by atoms with Gasteiger partial charge < -0.3 is 5.32 Å². The molecule has 3 aromatic rings. The van der Waals surface area contributed by atoms with Gasteiger partial charge in [-0.15, -0.1) is 0 Å². The molecule has 0 fully saturated rings. The minimum Gasteiger partial charge on any atom is -0.321 e. The van der Waals surface area contributed by atoms with Gasteiger partial charge in [0, 0.05) is 5.56 Å². The zero-order valence-electron chi connectivity index (χ0n) is 15.6. The van der Waals surface area contributed by atoms with Crippen LogP contribution in [0.4, 0.5) is 5.69 Å². The summed E-state index contributed by atoms with van der Waals surface area (Å²) in [7, 11) is 0. The Morgan fingerprint density at radius 1 is 0.931 bits per heavy atom. The monoisotopic (exact) mass is 404 g/mol. The number of benzene rings is 3. The van der Waals surface area contributed by atoms with E-state index in [4.69, 9.17) is 11.6 Å². The van der Waals surface area contributed by atoms with Crippen LogP contribution in [-0.2, 0) is 6.54 Å². The van der Waals surface area contributed by atoms with E-state index in [9.17, 15) is 14.4 Å². The number of imide groups is 1. The molecular formula is C23H17ClN2O3. The van der Waals surface area contributed by atoms with Crippen molar-refractivity contribution in [3.05, 3.63) is 99.6 Å². The Kier molecular flexibility index (Phi) is 4.91. The molecule has 1 heterocycles. The Labute approximate surface area is 172 Å². The van der Waals surface area contributed by atoms with Gasteiger partial charge in [-0.25, -0.2) is 0 Å². The van der Waals surface area contributed by atoms with Crippen LogP contribution in [0.25, 0.3) is 0 Å². The predicted molar refractivity (Wildman–Crippen MR) is 111 cm³/mol. The fourth-order valence-corrected chi connectivity index (χ4v) is 3.54. The molecule has 1 aliphatic rings. The Bertz CT molecular complexity index is 1140. The number of anilines is 1. The number of rotatable bonds is 4. The summed E-state index contributed by atoms with van der Waals surface area (Å²) >= 11 is 6.17. The lowest BCUT2D eigenvalue weighted by atomic mass is 10.1. The second kappa shape index (κ2) is 7.53. The summed E-state index contributed by atoms with van der Waals surface area (Å²) in [6.07, 6.45) is 0. The molecule has 0 saturated heterocycles. The highest BCUT2D eigenvalue weighted by Gasteiger charge is 2.36. The number of nitrogens with zero attached hydrogens (tertiary/aromatic N) is 1. The molecule has 0 aromatic heterocycles. The highest BCUT2D eigenvalue weighted by atomic mass is 35.5. The lowest BCUT2D eigenvalue weighted by molar-refractivity contribution is 0.0642. The van der Waals surface area contributed by atoms with E-state index in [0.717, 1.165) is 11.1 Å². The first kappa shape index (κ1) is 18.9. The average molecular weight is 405 g/mol. The molecule has 29 heavy (non-hydrogen) atoms. The Hall–Kier alpha value is -3.44. The Morgan fingerprint density at radius 2 is 1.66 bits per heavy atom. The van der Waals surface area contributed by atoms with Crippen molar-refractivity contribution < 1.29 is 14.4 Å². The highest BCUT2D eigenvalue weighted by Crippen LogP contribution is 2.27. The molecule has 1 aliphatic heterocycles. The van der Waals surface area contributed by atoms with Crippen LogP contribution in [0.2, 0.25) is 5.02 Å². The van der Waals surface area contributed by atoms with Gasteiger partial charge in [0.05, 0.1) is 28.4 Å². The lowest BCUT2D eigenvalue weighted by Crippen LogP contribution is -2.29. The minimum atomic E-state index is -0.406. The topological polar surface area (TPSA) is 66.5 Å². The Morgan fingerprint density at radius 3 is 2.38 bits per heavy atom. The molecule has 0 spiro atoms. The first-order valence-electron chi connectivity index (χ1n) is 9.06. The number of nitrogens with one attached hydrogen (secondary N) is 1. The highest BCUT2D eigenvalue weighted by molar-refractivity contribution is 6.34. The van der Waals surface area contributed by atoms with E-state index in [-0.39, 0.29) is 23.6 Å². The summed E-state index contributed by atoms with van der Waals surface area (Å²) in [4.78, 5) is 39.3. The van der Waals surface area contributed by atoms with E-state index in [0.29, 0.717) is 16.3 Å². The van der Waals surface area contributed by atoms with Crippen LogP contribution in [-0.4, -0.2) is 22.6 Å². The number of carbonyl (C=O) groups excluding carboxylic acids is 3. The largest absolute Gasteiger partial charge is 0.321 e. The van der Waals surface area contributed by atoms with Gasteiger partial charge in [-0.1, -0.05) is 48.0 Å². The molecule has 144 valence electrons. The van der Waals surface area contributed by atoms with Crippen LogP contribution >= 0.6 is 11.6 Å². The number of halogens is 1. The molecule has 1 N–H and O–H groups in total. The van der Waals surface area contributed by atoms with Crippen molar-refractivity contribution in [3.63, 3.8) is 0 Å². The summed E-state index contributed by atoms with van der Waals surface area (Å²) in [5.74, 6) is -1.17. The SMILES string of the molecule is Cc1ccc(NC(=O)c2ccc3c(c2)C(=O)N(Cc2ccccc2)C3=O)c(Cl)c1. The summed E-state index contributed by atoms with van der Waals surface area (Å²) in [5, 5.41) is 3.17.